The Morgan fingerprint density at radius 1 is 1.09 bits per heavy atom. The number of H-pyrrole nitrogens is 1. The number of fused-ring (bicyclic) bond motifs is 2. The van der Waals surface area contributed by atoms with E-state index in [4.69, 9.17) is 9.47 Å². The van der Waals surface area contributed by atoms with Crippen LogP contribution in [0.4, 0.5) is 11.5 Å². The average Bonchev–Trinajstić information content (AvgIpc) is 3.30. The first-order chi connectivity index (χ1) is 16.5. The molecule has 2 aromatic heterocycles. The van der Waals surface area contributed by atoms with Crippen LogP contribution in [0, 0.1) is 0 Å². The Labute approximate surface area is 198 Å². The molecule has 0 unspecified atom stereocenters. The highest BCUT2D eigenvalue weighted by Crippen LogP contribution is 2.35. The maximum atomic E-state index is 11.6. The number of rotatable bonds is 8. The van der Waals surface area contributed by atoms with Crippen LogP contribution < -0.4 is 14.8 Å². The molecule has 0 spiro atoms. The second-order valence-corrected chi connectivity index (χ2v) is 10.6. The molecule has 10 heteroatoms. The number of hydrogen-bond acceptors (Lipinski definition) is 8. The van der Waals surface area contributed by atoms with Crippen LogP contribution in [0.5, 0.6) is 11.5 Å². The summed E-state index contributed by atoms with van der Waals surface area (Å²) in [6, 6.07) is 11.9. The van der Waals surface area contributed by atoms with Gasteiger partial charge in [-0.1, -0.05) is 6.07 Å². The van der Waals surface area contributed by atoms with E-state index in [0.717, 1.165) is 40.5 Å². The molecule has 0 bridgehead atoms. The molecule has 5 rings (SSSR count). The molecule has 0 aliphatic carbocycles. The maximum Gasteiger partial charge on any atom is 0.163 e. The summed E-state index contributed by atoms with van der Waals surface area (Å²) in [4.78, 5) is 14.2. The van der Waals surface area contributed by atoms with Gasteiger partial charge in [0.25, 0.3) is 0 Å². The quantitative estimate of drug-likeness (QED) is 0.369. The lowest BCUT2D eigenvalue weighted by molar-refractivity contribution is 0.240. The highest BCUT2D eigenvalue weighted by Gasteiger charge is 2.21. The van der Waals surface area contributed by atoms with Gasteiger partial charge in [0.15, 0.2) is 21.3 Å². The number of hydrogen-bond donors (Lipinski definition) is 2. The topological polar surface area (TPSA) is 109 Å². The number of benzene rings is 2. The second kappa shape index (κ2) is 9.47. The minimum atomic E-state index is -2.86. The van der Waals surface area contributed by atoms with Crippen LogP contribution in [0.1, 0.15) is 6.42 Å². The summed E-state index contributed by atoms with van der Waals surface area (Å²) in [5, 5.41) is 5.35. The summed E-state index contributed by atoms with van der Waals surface area (Å²) < 4.78 is 34.7. The molecule has 1 saturated heterocycles. The van der Waals surface area contributed by atoms with Crippen molar-refractivity contribution in [3.8, 4) is 11.5 Å². The number of anilines is 2. The molecule has 178 valence electrons. The van der Waals surface area contributed by atoms with Crippen molar-refractivity contribution in [2.24, 2.45) is 0 Å². The number of nitrogens with one attached hydrogen (secondary N) is 2. The average molecular weight is 482 g/mol. The van der Waals surface area contributed by atoms with Crippen molar-refractivity contribution in [1.82, 2.24) is 19.9 Å². The number of ether oxygens (including phenoxy) is 2. The number of nitrogens with zero attached hydrogens (tertiary/aromatic N) is 3. The highest BCUT2D eigenvalue weighted by molar-refractivity contribution is 7.91. The smallest absolute Gasteiger partial charge is 0.163 e. The van der Waals surface area contributed by atoms with Crippen LogP contribution in [-0.4, -0.2) is 73.1 Å². The molecule has 0 radical (unpaired) electrons. The fourth-order valence-electron chi connectivity index (χ4n) is 4.14. The van der Waals surface area contributed by atoms with E-state index in [1.807, 2.05) is 42.6 Å². The lowest BCUT2D eigenvalue weighted by Gasteiger charge is -2.26. The van der Waals surface area contributed by atoms with E-state index in [1.165, 1.54) is 6.33 Å². The predicted octanol–water partition coefficient (Wildman–Crippen LogP) is 3.36. The number of methoxy groups -OCH3 is 1. The highest BCUT2D eigenvalue weighted by atomic mass is 32.2. The first kappa shape index (κ1) is 22.4. The minimum Gasteiger partial charge on any atom is -0.493 e. The third-order valence-corrected chi connectivity index (χ3v) is 7.66. The van der Waals surface area contributed by atoms with Crippen LogP contribution in [0.25, 0.3) is 21.8 Å². The van der Waals surface area contributed by atoms with Crippen LogP contribution in [-0.2, 0) is 9.84 Å². The van der Waals surface area contributed by atoms with E-state index < -0.39 is 9.84 Å². The summed E-state index contributed by atoms with van der Waals surface area (Å²) in [5.74, 6) is 2.38. The van der Waals surface area contributed by atoms with Gasteiger partial charge < -0.3 is 24.7 Å². The van der Waals surface area contributed by atoms with Gasteiger partial charge in [-0.2, -0.15) is 0 Å². The Kier molecular flexibility index (Phi) is 6.25. The Balaban J connectivity index is 1.28. The van der Waals surface area contributed by atoms with Crippen LogP contribution in [0.2, 0.25) is 0 Å². The van der Waals surface area contributed by atoms with Crippen LogP contribution in [0.3, 0.4) is 0 Å². The van der Waals surface area contributed by atoms with E-state index in [1.54, 1.807) is 7.11 Å². The summed E-state index contributed by atoms with van der Waals surface area (Å²) in [7, 11) is -1.25. The third-order valence-electron chi connectivity index (χ3n) is 6.05. The van der Waals surface area contributed by atoms with Crippen molar-refractivity contribution in [3.63, 3.8) is 0 Å². The lowest BCUT2D eigenvalue weighted by atomic mass is 10.2. The molecule has 1 aliphatic rings. The summed E-state index contributed by atoms with van der Waals surface area (Å²) in [6.45, 7) is 2.47. The molecule has 4 aromatic rings. The van der Waals surface area contributed by atoms with Gasteiger partial charge in [-0.05, 0) is 36.1 Å². The molecule has 0 saturated carbocycles. The van der Waals surface area contributed by atoms with E-state index in [9.17, 15) is 8.42 Å². The molecule has 2 aromatic carbocycles. The van der Waals surface area contributed by atoms with Gasteiger partial charge in [-0.3, -0.25) is 0 Å². The molecule has 0 atom stereocenters. The summed E-state index contributed by atoms with van der Waals surface area (Å²) in [5.41, 5.74) is 2.71. The van der Waals surface area contributed by atoms with Crippen molar-refractivity contribution < 1.29 is 17.9 Å². The normalized spacial score (nSPS) is 16.0. The molecular weight excluding hydrogens is 454 g/mol. The first-order valence-corrected chi connectivity index (χ1v) is 13.1. The van der Waals surface area contributed by atoms with Crippen LogP contribution >= 0.6 is 0 Å². The van der Waals surface area contributed by atoms with Gasteiger partial charge in [-0.15, -0.1) is 0 Å². The zero-order valence-electron chi connectivity index (χ0n) is 19.0. The zero-order chi connectivity index (χ0) is 23.5. The van der Waals surface area contributed by atoms with E-state index in [2.05, 4.69) is 25.2 Å². The van der Waals surface area contributed by atoms with Crippen molar-refractivity contribution in [2.45, 2.75) is 6.42 Å². The van der Waals surface area contributed by atoms with Gasteiger partial charge in [0.05, 0.1) is 30.7 Å². The van der Waals surface area contributed by atoms with Gasteiger partial charge in [-0.25, -0.2) is 18.4 Å². The fraction of sp³-hybridized carbons (Fsp3) is 0.333. The molecule has 0 amide bonds. The zero-order valence-corrected chi connectivity index (χ0v) is 19.8. The molecule has 9 nitrogen and oxygen atoms in total. The Bertz CT molecular complexity index is 1410. The standard InChI is InChI=1S/C24H27N5O4S/c1-32-22-14-19-21(15-23(22)33-10-2-7-29-8-11-34(30,31)12-9-29)26-16-27-24(19)28-18-4-3-17-5-6-25-20(17)13-18/h3-6,13-16,25H,2,7-12H2,1H3,(H,26,27,28). The molecule has 1 fully saturated rings. The minimum absolute atomic E-state index is 0.237. The van der Waals surface area contributed by atoms with E-state index in [0.29, 0.717) is 37.0 Å². The maximum absolute atomic E-state index is 11.6. The van der Waals surface area contributed by atoms with Gasteiger partial charge in [0.2, 0.25) is 0 Å². The first-order valence-electron chi connectivity index (χ1n) is 11.2. The summed E-state index contributed by atoms with van der Waals surface area (Å²) in [6.07, 6.45) is 4.23. The lowest BCUT2D eigenvalue weighted by Crippen LogP contribution is -2.40. The molecule has 1 aliphatic heterocycles. The van der Waals surface area contributed by atoms with Crippen molar-refractivity contribution in [3.05, 3.63) is 48.9 Å². The van der Waals surface area contributed by atoms with Crippen LogP contribution in [0.15, 0.2) is 48.9 Å². The largest absolute Gasteiger partial charge is 0.493 e. The third kappa shape index (κ3) is 4.92. The predicted molar refractivity (Wildman–Crippen MR) is 133 cm³/mol. The number of aromatic nitrogens is 3. The van der Waals surface area contributed by atoms with Crippen molar-refractivity contribution in [1.29, 1.82) is 0 Å². The summed E-state index contributed by atoms with van der Waals surface area (Å²) >= 11 is 0. The van der Waals surface area contributed by atoms with Gasteiger partial charge in [0.1, 0.15) is 12.1 Å². The molecule has 3 heterocycles. The Morgan fingerprint density at radius 3 is 2.76 bits per heavy atom. The molecule has 34 heavy (non-hydrogen) atoms. The monoisotopic (exact) mass is 481 g/mol. The van der Waals surface area contributed by atoms with Crippen molar-refractivity contribution in [2.75, 3.05) is 50.2 Å². The molecule has 2 N–H and O–H groups in total. The van der Waals surface area contributed by atoms with Crippen molar-refractivity contribution >= 4 is 43.1 Å². The molecular formula is C24H27N5O4S. The second-order valence-electron chi connectivity index (χ2n) is 8.34. The number of sulfone groups is 1. The fourth-order valence-corrected chi connectivity index (χ4v) is 5.42. The van der Waals surface area contributed by atoms with E-state index >= 15 is 0 Å². The Morgan fingerprint density at radius 2 is 1.94 bits per heavy atom. The van der Waals surface area contributed by atoms with E-state index in [-0.39, 0.29) is 11.5 Å². The SMILES string of the molecule is COc1cc2c(Nc3ccc4cc[nH]c4c3)ncnc2cc1OCCCN1CCS(=O)(=O)CC1. The van der Waals surface area contributed by atoms with Gasteiger partial charge in [0, 0.05) is 48.5 Å². The number of aromatic amines is 1. The van der Waals surface area contributed by atoms with Gasteiger partial charge >= 0.3 is 0 Å². The Hall–Kier alpha value is -3.37.